The van der Waals surface area contributed by atoms with Crippen LogP contribution in [-0.2, 0) is 9.53 Å². The van der Waals surface area contributed by atoms with E-state index in [9.17, 15) is 14.0 Å². The summed E-state index contributed by atoms with van der Waals surface area (Å²) in [4.78, 5) is 28.2. The first-order valence-electron chi connectivity index (χ1n) is 10.3. The topological polar surface area (TPSA) is 71.1 Å². The van der Waals surface area contributed by atoms with Crippen molar-refractivity contribution in [2.75, 3.05) is 39.4 Å². The summed E-state index contributed by atoms with van der Waals surface area (Å²) in [6, 6.07) is 4.48. The Bertz CT molecular complexity index is 766. The predicted octanol–water partition coefficient (Wildman–Crippen LogP) is 1.93. The first-order chi connectivity index (χ1) is 14.0. The van der Waals surface area contributed by atoms with Gasteiger partial charge in [0.2, 0.25) is 5.91 Å². The standard InChI is InChI=1S/C21H28FN3O4/c1-14-10-16(22)2-3-18(14)28-12-15-4-7-24(8-5-15)21(27)25-9-6-19-17(11-25)23-20(26)13-29-19/h2-3,10,15,17,19H,4-9,11-13H2,1H3,(H,23,26). The van der Waals surface area contributed by atoms with Crippen LogP contribution in [0.15, 0.2) is 18.2 Å². The molecule has 3 heterocycles. The Morgan fingerprint density at radius 2 is 2.00 bits per heavy atom. The average molecular weight is 405 g/mol. The number of ether oxygens (including phenoxy) is 2. The maximum atomic E-state index is 13.2. The molecule has 158 valence electrons. The summed E-state index contributed by atoms with van der Waals surface area (Å²) in [6.07, 6.45) is 2.52. The van der Waals surface area contributed by atoms with E-state index in [2.05, 4.69) is 5.32 Å². The summed E-state index contributed by atoms with van der Waals surface area (Å²) in [5.41, 5.74) is 0.791. The van der Waals surface area contributed by atoms with E-state index in [0.717, 1.165) is 24.8 Å². The summed E-state index contributed by atoms with van der Waals surface area (Å²) in [5, 5.41) is 2.94. The highest BCUT2D eigenvalue weighted by Crippen LogP contribution is 2.24. The number of halogens is 1. The van der Waals surface area contributed by atoms with Crippen LogP contribution < -0.4 is 10.1 Å². The molecule has 1 N–H and O–H groups in total. The van der Waals surface area contributed by atoms with Gasteiger partial charge >= 0.3 is 6.03 Å². The van der Waals surface area contributed by atoms with E-state index in [0.29, 0.717) is 44.5 Å². The van der Waals surface area contributed by atoms with Crippen LogP contribution in [0.5, 0.6) is 5.75 Å². The number of likely N-dealkylation sites (tertiary alicyclic amines) is 2. The van der Waals surface area contributed by atoms with Crippen molar-refractivity contribution in [2.24, 2.45) is 5.92 Å². The van der Waals surface area contributed by atoms with E-state index in [-0.39, 0.29) is 36.5 Å². The fourth-order valence-electron chi connectivity index (χ4n) is 4.35. The predicted molar refractivity (Wildman–Crippen MR) is 104 cm³/mol. The number of morpholine rings is 1. The molecule has 7 nitrogen and oxygen atoms in total. The fourth-order valence-corrected chi connectivity index (χ4v) is 4.35. The van der Waals surface area contributed by atoms with Crippen molar-refractivity contribution >= 4 is 11.9 Å². The van der Waals surface area contributed by atoms with Crippen LogP contribution in [0.2, 0.25) is 0 Å². The normalized spacial score (nSPS) is 25.4. The lowest BCUT2D eigenvalue weighted by molar-refractivity contribution is -0.139. The second-order valence-electron chi connectivity index (χ2n) is 8.19. The number of aryl methyl sites for hydroxylation is 1. The molecular formula is C21H28FN3O4. The Balaban J connectivity index is 1.24. The maximum Gasteiger partial charge on any atom is 0.320 e. The molecule has 4 rings (SSSR count). The third-order valence-corrected chi connectivity index (χ3v) is 6.09. The minimum Gasteiger partial charge on any atom is -0.493 e. The molecule has 0 bridgehead atoms. The summed E-state index contributed by atoms with van der Waals surface area (Å²) < 4.78 is 24.6. The molecule has 0 aliphatic carbocycles. The summed E-state index contributed by atoms with van der Waals surface area (Å²) in [7, 11) is 0. The van der Waals surface area contributed by atoms with Gasteiger partial charge in [0.15, 0.2) is 0 Å². The molecule has 1 aromatic rings. The number of carbonyl (C=O) groups is 2. The molecule has 3 aliphatic heterocycles. The van der Waals surface area contributed by atoms with Gasteiger partial charge in [0, 0.05) is 26.2 Å². The van der Waals surface area contributed by atoms with Crippen molar-refractivity contribution in [1.82, 2.24) is 15.1 Å². The van der Waals surface area contributed by atoms with Gasteiger partial charge in [-0.2, -0.15) is 0 Å². The van der Waals surface area contributed by atoms with E-state index in [4.69, 9.17) is 9.47 Å². The van der Waals surface area contributed by atoms with Gasteiger partial charge in [-0.3, -0.25) is 4.79 Å². The van der Waals surface area contributed by atoms with E-state index in [1.807, 2.05) is 16.7 Å². The monoisotopic (exact) mass is 405 g/mol. The second-order valence-corrected chi connectivity index (χ2v) is 8.19. The van der Waals surface area contributed by atoms with Crippen molar-refractivity contribution in [2.45, 2.75) is 38.3 Å². The highest BCUT2D eigenvalue weighted by molar-refractivity contribution is 5.79. The van der Waals surface area contributed by atoms with Gasteiger partial charge in [-0.25, -0.2) is 9.18 Å². The molecule has 0 aromatic heterocycles. The van der Waals surface area contributed by atoms with Gasteiger partial charge in [0.05, 0.1) is 18.8 Å². The number of benzene rings is 1. The van der Waals surface area contributed by atoms with E-state index in [1.54, 1.807) is 6.07 Å². The largest absolute Gasteiger partial charge is 0.493 e. The molecule has 0 saturated carbocycles. The minimum absolute atomic E-state index is 0.00885. The Kier molecular flexibility index (Phi) is 5.89. The van der Waals surface area contributed by atoms with Gasteiger partial charge < -0.3 is 24.6 Å². The van der Waals surface area contributed by atoms with E-state index >= 15 is 0 Å². The SMILES string of the molecule is Cc1cc(F)ccc1OCC1CCN(C(=O)N2CCC3OCC(=O)NC3C2)CC1. The van der Waals surface area contributed by atoms with Crippen LogP contribution in [0.4, 0.5) is 9.18 Å². The highest BCUT2D eigenvalue weighted by atomic mass is 19.1. The van der Waals surface area contributed by atoms with Crippen LogP contribution in [0.3, 0.4) is 0 Å². The van der Waals surface area contributed by atoms with Gasteiger partial charge in [0.1, 0.15) is 18.2 Å². The molecule has 0 spiro atoms. The molecule has 1 aromatic carbocycles. The maximum absolute atomic E-state index is 13.2. The average Bonchev–Trinajstić information content (AvgIpc) is 2.72. The Morgan fingerprint density at radius 1 is 1.24 bits per heavy atom. The van der Waals surface area contributed by atoms with Crippen LogP contribution in [-0.4, -0.2) is 73.3 Å². The Labute approximate surface area is 170 Å². The van der Waals surface area contributed by atoms with Crippen LogP contribution in [0, 0.1) is 18.7 Å². The zero-order valence-corrected chi connectivity index (χ0v) is 16.7. The third-order valence-electron chi connectivity index (χ3n) is 6.09. The number of fused-ring (bicyclic) bond motifs is 1. The van der Waals surface area contributed by atoms with Crippen molar-refractivity contribution in [3.05, 3.63) is 29.6 Å². The lowest BCUT2D eigenvalue weighted by Gasteiger charge is -2.43. The molecule has 3 aliphatic rings. The molecule has 3 saturated heterocycles. The van der Waals surface area contributed by atoms with Crippen LogP contribution >= 0.6 is 0 Å². The number of amides is 3. The lowest BCUT2D eigenvalue weighted by Crippen LogP contribution is -2.62. The molecule has 29 heavy (non-hydrogen) atoms. The summed E-state index contributed by atoms with van der Waals surface area (Å²) >= 11 is 0. The van der Waals surface area contributed by atoms with Gasteiger partial charge in [0.25, 0.3) is 0 Å². The highest BCUT2D eigenvalue weighted by Gasteiger charge is 2.38. The second kappa shape index (κ2) is 8.57. The quantitative estimate of drug-likeness (QED) is 0.834. The number of nitrogens with zero attached hydrogens (tertiary/aromatic N) is 2. The van der Waals surface area contributed by atoms with Crippen molar-refractivity contribution in [3.8, 4) is 5.75 Å². The molecule has 8 heteroatoms. The van der Waals surface area contributed by atoms with Gasteiger partial charge in [-0.1, -0.05) is 0 Å². The number of piperidine rings is 2. The number of carbonyl (C=O) groups excluding carboxylic acids is 2. The molecule has 2 unspecified atom stereocenters. The first kappa shape index (κ1) is 19.9. The summed E-state index contributed by atoms with van der Waals surface area (Å²) in [5.74, 6) is 0.715. The van der Waals surface area contributed by atoms with Crippen LogP contribution in [0.1, 0.15) is 24.8 Å². The molecule has 3 fully saturated rings. The number of nitrogens with one attached hydrogen (secondary N) is 1. The Hall–Kier alpha value is -2.35. The molecule has 3 amide bonds. The lowest BCUT2D eigenvalue weighted by atomic mass is 9.97. The zero-order chi connectivity index (χ0) is 20.4. The summed E-state index contributed by atoms with van der Waals surface area (Å²) in [6.45, 7) is 5.08. The van der Waals surface area contributed by atoms with Crippen molar-refractivity contribution in [3.63, 3.8) is 0 Å². The molecule has 0 radical (unpaired) electrons. The van der Waals surface area contributed by atoms with E-state index in [1.165, 1.54) is 12.1 Å². The number of urea groups is 1. The zero-order valence-electron chi connectivity index (χ0n) is 16.7. The molecule has 2 atom stereocenters. The minimum atomic E-state index is -0.259. The van der Waals surface area contributed by atoms with Crippen LogP contribution in [0.25, 0.3) is 0 Å². The van der Waals surface area contributed by atoms with Crippen molar-refractivity contribution < 1.29 is 23.5 Å². The van der Waals surface area contributed by atoms with Gasteiger partial charge in [-0.05, 0) is 55.9 Å². The van der Waals surface area contributed by atoms with Gasteiger partial charge in [-0.15, -0.1) is 0 Å². The smallest absolute Gasteiger partial charge is 0.320 e. The first-order valence-corrected chi connectivity index (χ1v) is 10.3. The van der Waals surface area contributed by atoms with E-state index < -0.39 is 0 Å². The Morgan fingerprint density at radius 3 is 2.76 bits per heavy atom. The number of hydrogen-bond donors (Lipinski definition) is 1. The number of rotatable bonds is 3. The fraction of sp³-hybridized carbons (Fsp3) is 0.619. The third kappa shape index (κ3) is 4.63. The van der Waals surface area contributed by atoms with Crippen molar-refractivity contribution in [1.29, 1.82) is 0 Å². The number of hydrogen-bond acceptors (Lipinski definition) is 4. The molecular weight excluding hydrogens is 377 g/mol.